The molecule has 0 unspecified atom stereocenters. The summed E-state index contributed by atoms with van der Waals surface area (Å²) in [6.45, 7) is 1.71. The molecule has 6 heteroatoms. The van der Waals surface area contributed by atoms with Crippen molar-refractivity contribution in [2.75, 3.05) is 18.5 Å². The number of phenolic OH excluding ortho intramolecular Hbond substituents is 1. The van der Waals surface area contributed by atoms with Crippen LogP contribution in [0.3, 0.4) is 0 Å². The van der Waals surface area contributed by atoms with Crippen LogP contribution in [0.25, 0.3) is 0 Å². The molecule has 1 fully saturated rings. The van der Waals surface area contributed by atoms with Gasteiger partial charge in [0.15, 0.2) is 0 Å². The summed E-state index contributed by atoms with van der Waals surface area (Å²) in [6, 6.07) is 12.3. The number of phenols is 1. The zero-order valence-electron chi connectivity index (χ0n) is 15.0. The summed E-state index contributed by atoms with van der Waals surface area (Å²) in [5, 5.41) is 12.5. The van der Waals surface area contributed by atoms with E-state index < -0.39 is 6.10 Å². The van der Waals surface area contributed by atoms with E-state index in [0.717, 1.165) is 30.4 Å². The predicted molar refractivity (Wildman–Crippen MR) is 101 cm³/mol. The number of carbonyl (C=O) groups is 2. The van der Waals surface area contributed by atoms with Crippen molar-refractivity contribution in [2.45, 2.75) is 31.9 Å². The third kappa shape index (κ3) is 3.80. The number of aromatic hydroxyl groups is 1. The van der Waals surface area contributed by atoms with Gasteiger partial charge in [-0.3, -0.25) is 9.59 Å². The molecule has 2 heterocycles. The van der Waals surface area contributed by atoms with E-state index in [4.69, 9.17) is 4.74 Å². The molecule has 2 aliphatic heterocycles. The van der Waals surface area contributed by atoms with E-state index in [1.807, 2.05) is 6.07 Å². The van der Waals surface area contributed by atoms with Crippen molar-refractivity contribution in [1.82, 2.24) is 4.90 Å². The Morgan fingerprint density at radius 1 is 1.15 bits per heavy atom. The number of nitrogens with zero attached hydrogens (tertiary/aromatic N) is 1. The monoisotopic (exact) mass is 366 g/mol. The molecule has 0 aromatic heterocycles. The fourth-order valence-corrected chi connectivity index (χ4v) is 3.64. The van der Waals surface area contributed by atoms with Crippen molar-refractivity contribution < 1.29 is 19.4 Å². The highest BCUT2D eigenvalue weighted by molar-refractivity contribution is 5.98. The molecule has 2 aromatic carbocycles. The Morgan fingerprint density at radius 2 is 2.04 bits per heavy atom. The van der Waals surface area contributed by atoms with Crippen molar-refractivity contribution in [3.05, 3.63) is 59.2 Å². The van der Waals surface area contributed by atoms with Crippen LogP contribution in [0.1, 0.15) is 34.3 Å². The molecule has 1 atom stereocenters. The molecule has 6 nitrogen and oxygen atoms in total. The Balaban J connectivity index is 1.47. The van der Waals surface area contributed by atoms with Crippen molar-refractivity contribution >= 4 is 17.5 Å². The normalized spacial score (nSPS) is 18.8. The average molecular weight is 366 g/mol. The van der Waals surface area contributed by atoms with Crippen LogP contribution in [0.5, 0.6) is 5.75 Å². The first-order chi connectivity index (χ1) is 13.1. The van der Waals surface area contributed by atoms with Crippen LogP contribution < -0.4 is 5.32 Å². The van der Waals surface area contributed by atoms with E-state index in [1.54, 1.807) is 41.3 Å². The van der Waals surface area contributed by atoms with Gasteiger partial charge in [0.25, 0.3) is 11.8 Å². The van der Waals surface area contributed by atoms with Gasteiger partial charge in [0.05, 0.1) is 0 Å². The number of rotatable bonds is 3. The molecule has 2 aromatic rings. The summed E-state index contributed by atoms with van der Waals surface area (Å²) >= 11 is 0. The van der Waals surface area contributed by atoms with E-state index in [2.05, 4.69) is 5.32 Å². The Morgan fingerprint density at radius 3 is 2.85 bits per heavy atom. The molecule has 0 aliphatic carbocycles. The van der Waals surface area contributed by atoms with E-state index in [1.165, 1.54) is 0 Å². The highest BCUT2D eigenvalue weighted by Crippen LogP contribution is 2.25. The van der Waals surface area contributed by atoms with E-state index in [9.17, 15) is 14.7 Å². The predicted octanol–water partition coefficient (Wildman–Crippen LogP) is 2.71. The van der Waals surface area contributed by atoms with Crippen LogP contribution in [0.15, 0.2) is 42.5 Å². The fraction of sp³-hybridized carbons (Fsp3) is 0.333. The highest BCUT2D eigenvalue weighted by Gasteiger charge is 2.25. The van der Waals surface area contributed by atoms with Gasteiger partial charge in [-0.05, 0) is 60.7 Å². The molecule has 1 saturated heterocycles. The molecule has 2 aliphatic rings. The second-order valence-corrected chi connectivity index (χ2v) is 7.00. The molecule has 0 radical (unpaired) electrons. The summed E-state index contributed by atoms with van der Waals surface area (Å²) in [5.41, 5.74) is 3.26. The SMILES string of the molecule is O=C(Nc1cccc(C(=O)N2CCc3ccc(O)cc3C2)c1)[C@H]1CCCO1. The number of nitrogens with one attached hydrogen (secondary N) is 1. The number of hydrogen-bond acceptors (Lipinski definition) is 4. The van der Waals surface area contributed by atoms with Crippen molar-refractivity contribution in [3.8, 4) is 5.75 Å². The van der Waals surface area contributed by atoms with E-state index in [0.29, 0.717) is 30.9 Å². The largest absolute Gasteiger partial charge is 0.508 e. The number of benzene rings is 2. The van der Waals surface area contributed by atoms with Crippen LogP contribution in [-0.4, -0.2) is 41.1 Å². The van der Waals surface area contributed by atoms with E-state index in [-0.39, 0.29) is 17.6 Å². The third-order valence-corrected chi connectivity index (χ3v) is 5.09. The van der Waals surface area contributed by atoms with Gasteiger partial charge in [0.2, 0.25) is 0 Å². The van der Waals surface area contributed by atoms with Crippen LogP contribution in [0, 0.1) is 0 Å². The molecule has 140 valence electrons. The second-order valence-electron chi connectivity index (χ2n) is 7.00. The van der Waals surface area contributed by atoms with Crippen LogP contribution >= 0.6 is 0 Å². The first-order valence-electron chi connectivity index (χ1n) is 9.23. The lowest BCUT2D eigenvalue weighted by Gasteiger charge is -2.29. The van der Waals surface area contributed by atoms with Gasteiger partial charge >= 0.3 is 0 Å². The molecule has 27 heavy (non-hydrogen) atoms. The fourth-order valence-electron chi connectivity index (χ4n) is 3.64. The molecule has 0 spiro atoms. The molecular formula is C21H22N2O4. The standard InChI is InChI=1S/C21H22N2O4/c24-18-7-6-14-8-9-23(13-16(14)12-18)21(26)15-3-1-4-17(11-15)22-20(25)19-5-2-10-27-19/h1,3-4,6-7,11-12,19,24H,2,5,8-10,13H2,(H,22,25)/t19-/m1/s1. The third-order valence-electron chi connectivity index (χ3n) is 5.09. The van der Waals surface area contributed by atoms with Crippen LogP contribution in [0.2, 0.25) is 0 Å². The second kappa shape index (κ2) is 7.40. The lowest BCUT2D eigenvalue weighted by Crippen LogP contribution is -2.36. The first-order valence-corrected chi connectivity index (χ1v) is 9.23. The maximum atomic E-state index is 12.9. The molecule has 2 amide bonds. The maximum Gasteiger partial charge on any atom is 0.254 e. The Labute approximate surface area is 157 Å². The molecular weight excluding hydrogens is 344 g/mol. The molecule has 4 rings (SSSR count). The zero-order valence-corrected chi connectivity index (χ0v) is 15.0. The van der Waals surface area contributed by atoms with Crippen LogP contribution in [0.4, 0.5) is 5.69 Å². The van der Waals surface area contributed by atoms with E-state index >= 15 is 0 Å². The maximum absolute atomic E-state index is 12.9. The zero-order chi connectivity index (χ0) is 18.8. The van der Waals surface area contributed by atoms with Crippen molar-refractivity contribution in [3.63, 3.8) is 0 Å². The first kappa shape index (κ1) is 17.5. The molecule has 2 N–H and O–H groups in total. The Hall–Kier alpha value is -2.86. The van der Waals surface area contributed by atoms with Crippen LogP contribution in [-0.2, 0) is 22.5 Å². The van der Waals surface area contributed by atoms with Crippen molar-refractivity contribution in [2.24, 2.45) is 0 Å². The summed E-state index contributed by atoms with van der Waals surface area (Å²) in [5.74, 6) is -0.0430. The number of amides is 2. The summed E-state index contributed by atoms with van der Waals surface area (Å²) < 4.78 is 5.40. The minimum Gasteiger partial charge on any atom is -0.508 e. The van der Waals surface area contributed by atoms with Gasteiger partial charge in [-0.25, -0.2) is 0 Å². The van der Waals surface area contributed by atoms with Gasteiger partial charge in [-0.15, -0.1) is 0 Å². The topological polar surface area (TPSA) is 78.9 Å². The quantitative estimate of drug-likeness (QED) is 0.875. The number of carbonyl (C=O) groups excluding carboxylic acids is 2. The smallest absolute Gasteiger partial charge is 0.254 e. The van der Waals surface area contributed by atoms with Gasteiger partial charge < -0.3 is 20.1 Å². The van der Waals surface area contributed by atoms with Gasteiger partial charge in [0.1, 0.15) is 11.9 Å². The Kier molecular flexibility index (Phi) is 4.81. The number of hydrogen-bond donors (Lipinski definition) is 2. The highest BCUT2D eigenvalue weighted by atomic mass is 16.5. The average Bonchev–Trinajstić information content (AvgIpc) is 3.22. The lowest BCUT2D eigenvalue weighted by molar-refractivity contribution is -0.124. The number of anilines is 1. The molecule has 0 bridgehead atoms. The Bertz CT molecular complexity index is 874. The minimum atomic E-state index is -0.407. The van der Waals surface area contributed by atoms with Gasteiger partial charge in [-0.1, -0.05) is 12.1 Å². The number of ether oxygens (including phenoxy) is 1. The lowest BCUT2D eigenvalue weighted by atomic mass is 9.99. The van der Waals surface area contributed by atoms with Crippen molar-refractivity contribution in [1.29, 1.82) is 0 Å². The summed E-state index contributed by atoms with van der Waals surface area (Å²) in [7, 11) is 0. The summed E-state index contributed by atoms with van der Waals surface area (Å²) in [4.78, 5) is 26.9. The van der Waals surface area contributed by atoms with Gasteiger partial charge in [0, 0.05) is 30.9 Å². The molecule has 0 saturated carbocycles. The summed E-state index contributed by atoms with van der Waals surface area (Å²) in [6.07, 6.45) is 1.97. The minimum absolute atomic E-state index is 0.0859. The van der Waals surface area contributed by atoms with Gasteiger partial charge in [-0.2, -0.15) is 0 Å². The number of fused-ring (bicyclic) bond motifs is 1.